The predicted octanol–water partition coefficient (Wildman–Crippen LogP) is 10.4. The fourth-order valence-electron chi connectivity index (χ4n) is 5.78. The van der Waals surface area contributed by atoms with E-state index in [4.69, 9.17) is 4.42 Å². The molecule has 188 valence electrons. The van der Waals surface area contributed by atoms with Crippen molar-refractivity contribution in [1.82, 2.24) is 4.98 Å². The molecule has 0 saturated carbocycles. The van der Waals surface area contributed by atoms with Gasteiger partial charge in [-0.1, -0.05) is 97.1 Å². The maximum Gasteiger partial charge on any atom is 0.155 e. The minimum absolute atomic E-state index is 0.776. The Morgan fingerprint density at radius 3 is 2.02 bits per heavy atom. The Morgan fingerprint density at radius 2 is 1.18 bits per heavy atom. The van der Waals surface area contributed by atoms with E-state index in [-0.39, 0.29) is 0 Å². The van der Waals surface area contributed by atoms with Gasteiger partial charge < -0.3 is 9.32 Å². The summed E-state index contributed by atoms with van der Waals surface area (Å²) in [6.45, 7) is 0. The van der Waals surface area contributed by atoms with Crippen molar-refractivity contribution < 1.29 is 4.42 Å². The second kappa shape index (κ2) is 9.11. The summed E-state index contributed by atoms with van der Waals surface area (Å²) >= 11 is 0. The van der Waals surface area contributed by atoms with Crippen LogP contribution >= 0.6 is 0 Å². The van der Waals surface area contributed by atoms with Crippen LogP contribution in [0.3, 0.4) is 0 Å². The highest BCUT2D eigenvalue weighted by Crippen LogP contribution is 2.43. The lowest BCUT2D eigenvalue weighted by Crippen LogP contribution is -2.10. The van der Waals surface area contributed by atoms with Crippen LogP contribution in [0.2, 0.25) is 0 Å². The van der Waals surface area contributed by atoms with Crippen LogP contribution in [0.15, 0.2) is 150 Å². The summed E-state index contributed by atoms with van der Waals surface area (Å²) in [7, 11) is 0. The number of hydrogen-bond donors (Lipinski definition) is 0. The number of benzene rings is 6. The first kappa shape index (κ1) is 22.6. The lowest BCUT2D eigenvalue weighted by atomic mass is 10.0. The highest BCUT2D eigenvalue weighted by Gasteiger charge is 2.20. The van der Waals surface area contributed by atoms with Gasteiger partial charge in [0.05, 0.1) is 23.5 Å². The monoisotopic (exact) mass is 512 g/mol. The standard InChI is InChI=1S/C37H24N2O/c1-2-11-30(12-3-1)39(31-19-16-26(17-20-31)29-15-14-25-8-4-5-10-28(25)22-29)34-23-38-24-35-36(34)33-21-18-27-9-6-7-13-32(27)37(33)40-35/h1-24H. The molecule has 0 spiro atoms. The molecule has 2 aromatic heterocycles. The number of hydrogen-bond acceptors (Lipinski definition) is 3. The van der Waals surface area contributed by atoms with Gasteiger partial charge in [0, 0.05) is 22.1 Å². The number of furan rings is 1. The van der Waals surface area contributed by atoms with Crippen molar-refractivity contribution in [3.63, 3.8) is 0 Å². The number of nitrogens with zero attached hydrogens (tertiary/aromatic N) is 2. The lowest BCUT2D eigenvalue weighted by molar-refractivity contribution is 0.670. The van der Waals surface area contributed by atoms with E-state index in [1.807, 2.05) is 18.5 Å². The Balaban J connectivity index is 1.31. The normalized spacial score (nSPS) is 11.5. The van der Waals surface area contributed by atoms with Crippen LogP contribution in [0.5, 0.6) is 0 Å². The predicted molar refractivity (Wildman–Crippen MR) is 167 cm³/mol. The van der Waals surface area contributed by atoms with E-state index in [0.29, 0.717) is 0 Å². The largest absolute Gasteiger partial charge is 0.454 e. The molecule has 0 amide bonds. The number of fused-ring (bicyclic) bond motifs is 6. The zero-order valence-corrected chi connectivity index (χ0v) is 21.7. The molecule has 0 radical (unpaired) electrons. The van der Waals surface area contributed by atoms with Crippen LogP contribution in [-0.4, -0.2) is 4.98 Å². The number of anilines is 3. The summed E-state index contributed by atoms with van der Waals surface area (Å²) in [6, 6.07) is 47.0. The molecule has 6 aromatic carbocycles. The first-order chi connectivity index (χ1) is 19.8. The number of aromatic nitrogens is 1. The van der Waals surface area contributed by atoms with E-state index in [9.17, 15) is 0 Å². The fourth-order valence-corrected chi connectivity index (χ4v) is 5.78. The minimum atomic E-state index is 0.776. The van der Waals surface area contributed by atoms with Gasteiger partial charge in [-0.05, 0) is 63.7 Å². The van der Waals surface area contributed by atoms with Gasteiger partial charge in [0.2, 0.25) is 0 Å². The molecule has 8 rings (SSSR count). The van der Waals surface area contributed by atoms with Crippen LogP contribution < -0.4 is 4.90 Å². The Bertz CT molecular complexity index is 2160. The topological polar surface area (TPSA) is 29.3 Å². The minimum Gasteiger partial charge on any atom is -0.454 e. The lowest BCUT2D eigenvalue weighted by Gasteiger charge is -2.26. The van der Waals surface area contributed by atoms with E-state index < -0.39 is 0 Å². The number of rotatable bonds is 4. The molecule has 0 bridgehead atoms. The third-order valence-electron chi connectivity index (χ3n) is 7.72. The van der Waals surface area contributed by atoms with Crippen molar-refractivity contribution in [2.24, 2.45) is 0 Å². The van der Waals surface area contributed by atoms with Crippen LogP contribution in [-0.2, 0) is 0 Å². The van der Waals surface area contributed by atoms with E-state index in [2.05, 4.69) is 137 Å². The fraction of sp³-hybridized carbons (Fsp3) is 0. The van der Waals surface area contributed by atoms with Gasteiger partial charge in [0.1, 0.15) is 5.58 Å². The second-order valence-electron chi connectivity index (χ2n) is 10.1. The highest BCUT2D eigenvalue weighted by atomic mass is 16.3. The maximum absolute atomic E-state index is 6.45. The molecule has 0 N–H and O–H groups in total. The molecule has 0 fully saturated rings. The Labute approximate surface area is 231 Å². The molecule has 0 aliphatic heterocycles. The van der Waals surface area contributed by atoms with Crippen LogP contribution in [0, 0.1) is 0 Å². The molecule has 3 heteroatoms. The highest BCUT2D eigenvalue weighted by molar-refractivity contribution is 6.19. The molecule has 0 atom stereocenters. The van der Waals surface area contributed by atoms with Crippen LogP contribution in [0.1, 0.15) is 0 Å². The molecule has 0 aliphatic carbocycles. The van der Waals surface area contributed by atoms with Gasteiger partial charge in [-0.2, -0.15) is 0 Å². The van der Waals surface area contributed by atoms with Crippen molar-refractivity contribution in [3.05, 3.63) is 146 Å². The molecule has 3 nitrogen and oxygen atoms in total. The molecule has 0 aliphatic rings. The summed E-state index contributed by atoms with van der Waals surface area (Å²) in [4.78, 5) is 6.89. The summed E-state index contributed by atoms with van der Waals surface area (Å²) in [5.41, 5.74) is 7.15. The Morgan fingerprint density at radius 1 is 0.500 bits per heavy atom. The van der Waals surface area contributed by atoms with Crippen molar-refractivity contribution >= 4 is 60.5 Å². The number of pyridine rings is 1. The van der Waals surface area contributed by atoms with Gasteiger partial charge in [-0.3, -0.25) is 4.98 Å². The van der Waals surface area contributed by atoms with Crippen molar-refractivity contribution in [2.45, 2.75) is 0 Å². The molecular formula is C37H24N2O. The molecule has 8 aromatic rings. The van der Waals surface area contributed by atoms with Gasteiger partial charge in [-0.25, -0.2) is 0 Å². The Kier molecular flexibility index (Phi) is 5.14. The van der Waals surface area contributed by atoms with Gasteiger partial charge in [0.15, 0.2) is 5.58 Å². The van der Waals surface area contributed by atoms with Crippen LogP contribution in [0.4, 0.5) is 17.1 Å². The van der Waals surface area contributed by atoms with Crippen molar-refractivity contribution in [2.75, 3.05) is 4.90 Å². The van der Waals surface area contributed by atoms with Gasteiger partial charge in [-0.15, -0.1) is 0 Å². The maximum atomic E-state index is 6.45. The SMILES string of the molecule is c1ccc(N(c2ccc(-c3ccc4ccccc4c3)cc2)c2cncc3oc4c5ccccc5ccc4c23)cc1. The summed E-state index contributed by atoms with van der Waals surface area (Å²) < 4.78 is 6.45. The van der Waals surface area contributed by atoms with Gasteiger partial charge in [0.25, 0.3) is 0 Å². The second-order valence-corrected chi connectivity index (χ2v) is 10.1. The average molecular weight is 513 g/mol. The molecule has 40 heavy (non-hydrogen) atoms. The van der Waals surface area contributed by atoms with E-state index in [0.717, 1.165) is 49.8 Å². The summed E-state index contributed by atoms with van der Waals surface area (Å²) in [6.07, 6.45) is 3.76. The third kappa shape index (κ3) is 3.63. The molecular weight excluding hydrogens is 488 g/mol. The van der Waals surface area contributed by atoms with Gasteiger partial charge >= 0.3 is 0 Å². The van der Waals surface area contributed by atoms with Crippen molar-refractivity contribution in [3.8, 4) is 11.1 Å². The number of para-hydroxylation sites is 1. The Hall–Kier alpha value is -5.41. The summed E-state index contributed by atoms with van der Waals surface area (Å²) in [5, 5.41) is 6.89. The molecule has 0 unspecified atom stereocenters. The quantitative estimate of drug-likeness (QED) is 0.235. The smallest absolute Gasteiger partial charge is 0.155 e. The average Bonchev–Trinajstić information content (AvgIpc) is 3.42. The third-order valence-corrected chi connectivity index (χ3v) is 7.72. The summed E-state index contributed by atoms with van der Waals surface area (Å²) in [5.74, 6) is 0. The zero-order valence-electron chi connectivity index (χ0n) is 21.7. The van der Waals surface area contributed by atoms with Crippen LogP contribution in [0.25, 0.3) is 54.6 Å². The van der Waals surface area contributed by atoms with Crippen molar-refractivity contribution in [1.29, 1.82) is 0 Å². The van der Waals surface area contributed by atoms with E-state index in [1.54, 1.807) is 0 Å². The van der Waals surface area contributed by atoms with E-state index >= 15 is 0 Å². The first-order valence-electron chi connectivity index (χ1n) is 13.5. The van der Waals surface area contributed by atoms with E-state index in [1.165, 1.54) is 21.9 Å². The zero-order chi connectivity index (χ0) is 26.5. The molecule has 0 saturated heterocycles. The molecule has 2 heterocycles. The first-order valence-corrected chi connectivity index (χ1v) is 13.5.